The van der Waals surface area contributed by atoms with Crippen molar-refractivity contribution in [3.8, 4) is 11.1 Å². The first-order chi connectivity index (χ1) is 12.3. The Balaban J connectivity index is 2.95. The van der Waals surface area contributed by atoms with Crippen molar-refractivity contribution in [3.63, 3.8) is 0 Å². The van der Waals surface area contributed by atoms with Gasteiger partial charge in [-0.1, -0.05) is 18.2 Å². The highest BCUT2D eigenvalue weighted by Crippen LogP contribution is 2.55. The summed E-state index contributed by atoms with van der Waals surface area (Å²) in [5.41, 5.74) is -8.55. The first-order valence-electron chi connectivity index (χ1n) is 7.46. The lowest BCUT2D eigenvalue weighted by molar-refractivity contribution is -0.348. The Bertz CT molecular complexity index is 792. The molecule has 2 aromatic carbocycles. The summed E-state index contributed by atoms with van der Waals surface area (Å²) in [6, 6.07) is 6.64. The van der Waals surface area contributed by atoms with Gasteiger partial charge in [-0.15, -0.1) is 0 Å². The maximum absolute atomic E-state index is 14.8. The van der Waals surface area contributed by atoms with E-state index in [4.69, 9.17) is 4.74 Å². The number of hydrogen-bond acceptors (Lipinski definition) is 1. The first-order valence-corrected chi connectivity index (χ1v) is 7.46. The fourth-order valence-corrected chi connectivity index (χ4v) is 2.72. The van der Waals surface area contributed by atoms with Crippen LogP contribution >= 0.6 is 0 Å². The standard InChI is InChI=1S/C18H13F8O/c1-10-7-12(9-27-2)15(11-3-5-13(19)6-4-11)14(8-10)16(20,17(21,22)23)18(24,25)26/h3-6,8H,9H2,1-2H3. The molecule has 2 aromatic rings. The Morgan fingerprint density at radius 1 is 0.926 bits per heavy atom. The summed E-state index contributed by atoms with van der Waals surface area (Å²) >= 11 is 0. The number of aryl methyl sites for hydroxylation is 1. The number of benzene rings is 2. The maximum Gasteiger partial charge on any atom is 0.435 e. The van der Waals surface area contributed by atoms with E-state index >= 15 is 0 Å². The second-order valence-corrected chi connectivity index (χ2v) is 5.81. The van der Waals surface area contributed by atoms with E-state index in [1.165, 1.54) is 14.0 Å². The molecule has 0 saturated heterocycles. The van der Waals surface area contributed by atoms with Crippen LogP contribution in [-0.4, -0.2) is 19.5 Å². The number of halogens is 8. The smallest absolute Gasteiger partial charge is 0.380 e. The summed E-state index contributed by atoms with van der Waals surface area (Å²) in [5.74, 6) is -0.761. The molecule has 0 unspecified atom stereocenters. The van der Waals surface area contributed by atoms with E-state index in [1.807, 2.05) is 0 Å². The van der Waals surface area contributed by atoms with Crippen molar-refractivity contribution in [2.75, 3.05) is 7.11 Å². The summed E-state index contributed by atoms with van der Waals surface area (Å²) in [4.78, 5) is 0. The normalized spacial score (nSPS) is 13.1. The van der Waals surface area contributed by atoms with Gasteiger partial charge in [-0.2, -0.15) is 26.3 Å². The van der Waals surface area contributed by atoms with Crippen LogP contribution in [0.4, 0.5) is 35.1 Å². The molecule has 147 valence electrons. The number of methoxy groups -OCH3 is 1. The monoisotopic (exact) mass is 397 g/mol. The SMILES string of the molecule is COCc1[c]c(C)cc(C(F)(C(F)(F)F)C(F)(F)F)c1-c1ccc(F)cc1. The Hall–Kier alpha value is -2.16. The highest BCUT2D eigenvalue weighted by molar-refractivity contribution is 5.73. The second kappa shape index (κ2) is 7.10. The van der Waals surface area contributed by atoms with Gasteiger partial charge in [0, 0.05) is 12.7 Å². The van der Waals surface area contributed by atoms with Gasteiger partial charge >= 0.3 is 18.0 Å². The third-order valence-electron chi connectivity index (χ3n) is 3.85. The molecule has 2 rings (SSSR count). The molecular weight excluding hydrogens is 384 g/mol. The molecule has 1 radical (unpaired) electrons. The van der Waals surface area contributed by atoms with Crippen molar-refractivity contribution in [2.45, 2.75) is 31.6 Å². The zero-order valence-corrected chi connectivity index (χ0v) is 14.0. The van der Waals surface area contributed by atoms with Gasteiger partial charge < -0.3 is 4.74 Å². The van der Waals surface area contributed by atoms with Crippen molar-refractivity contribution in [2.24, 2.45) is 0 Å². The molecule has 0 heterocycles. The van der Waals surface area contributed by atoms with Crippen LogP contribution in [0.25, 0.3) is 11.1 Å². The third kappa shape index (κ3) is 3.78. The van der Waals surface area contributed by atoms with Crippen molar-refractivity contribution in [3.05, 3.63) is 58.9 Å². The van der Waals surface area contributed by atoms with Gasteiger partial charge in [0.2, 0.25) is 0 Å². The van der Waals surface area contributed by atoms with Crippen molar-refractivity contribution in [1.82, 2.24) is 0 Å². The van der Waals surface area contributed by atoms with E-state index in [2.05, 4.69) is 6.07 Å². The molecule has 1 nitrogen and oxygen atoms in total. The minimum Gasteiger partial charge on any atom is -0.380 e. The van der Waals surface area contributed by atoms with Crippen molar-refractivity contribution in [1.29, 1.82) is 0 Å². The lowest BCUT2D eigenvalue weighted by Crippen LogP contribution is -2.50. The first kappa shape index (κ1) is 21.1. The number of alkyl halides is 7. The third-order valence-corrected chi connectivity index (χ3v) is 3.85. The van der Waals surface area contributed by atoms with E-state index in [0.29, 0.717) is 6.07 Å². The highest BCUT2D eigenvalue weighted by atomic mass is 19.4. The Morgan fingerprint density at radius 3 is 1.89 bits per heavy atom. The average molecular weight is 397 g/mol. The van der Waals surface area contributed by atoms with Gasteiger partial charge in [0.15, 0.2) is 0 Å². The largest absolute Gasteiger partial charge is 0.435 e. The number of rotatable bonds is 4. The summed E-state index contributed by atoms with van der Waals surface area (Å²) in [6.45, 7) is 0.761. The van der Waals surface area contributed by atoms with Gasteiger partial charge in [-0.05, 0) is 47.4 Å². The van der Waals surface area contributed by atoms with E-state index in [9.17, 15) is 35.1 Å². The summed E-state index contributed by atoms with van der Waals surface area (Å²) in [6.07, 6.45) is -12.6. The van der Waals surface area contributed by atoms with Gasteiger partial charge in [0.1, 0.15) is 5.82 Å². The molecule has 0 aromatic heterocycles. The van der Waals surface area contributed by atoms with E-state index in [-0.39, 0.29) is 16.7 Å². The molecule has 27 heavy (non-hydrogen) atoms. The molecule has 0 aliphatic rings. The fourth-order valence-electron chi connectivity index (χ4n) is 2.72. The van der Waals surface area contributed by atoms with Crippen LogP contribution in [0.15, 0.2) is 30.3 Å². The Morgan fingerprint density at radius 2 is 1.44 bits per heavy atom. The molecule has 0 saturated carbocycles. The molecule has 0 spiro atoms. The van der Waals surface area contributed by atoms with Gasteiger partial charge in [0.25, 0.3) is 0 Å². The van der Waals surface area contributed by atoms with Gasteiger partial charge in [-0.3, -0.25) is 0 Å². The van der Waals surface area contributed by atoms with Gasteiger partial charge in [0.05, 0.1) is 6.61 Å². The predicted octanol–water partition coefficient (Wildman–Crippen LogP) is 6.04. The van der Waals surface area contributed by atoms with E-state index < -0.39 is 41.6 Å². The van der Waals surface area contributed by atoms with Crippen molar-refractivity contribution >= 4 is 0 Å². The van der Waals surface area contributed by atoms with E-state index in [1.54, 1.807) is 0 Å². The Labute approximate surface area is 149 Å². The summed E-state index contributed by atoms with van der Waals surface area (Å²) in [5, 5.41) is 0. The zero-order valence-electron chi connectivity index (χ0n) is 14.0. The number of hydrogen-bond donors (Lipinski definition) is 0. The van der Waals surface area contributed by atoms with Crippen LogP contribution in [-0.2, 0) is 17.0 Å². The van der Waals surface area contributed by atoms with Crippen LogP contribution in [0.5, 0.6) is 0 Å². The minimum absolute atomic E-state index is 0.140. The molecule has 0 fully saturated rings. The van der Waals surface area contributed by atoms with Crippen LogP contribution in [0.3, 0.4) is 0 Å². The molecule has 0 N–H and O–H groups in total. The van der Waals surface area contributed by atoms with Crippen LogP contribution < -0.4 is 0 Å². The topological polar surface area (TPSA) is 9.23 Å². The lowest BCUT2D eigenvalue weighted by Gasteiger charge is -2.33. The molecule has 0 aliphatic carbocycles. The fraction of sp³-hybridized carbons (Fsp3) is 0.333. The van der Waals surface area contributed by atoms with Crippen LogP contribution in [0, 0.1) is 18.8 Å². The highest BCUT2D eigenvalue weighted by Gasteiger charge is 2.74. The van der Waals surface area contributed by atoms with Gasteiger partial charge in [-0.25, -0.2) is 8.78 Å². The molecule has 0 amide bonds. The van der Waals surface area contributed by atoms with E-state index in [0.717, 1.165) is 24.3 Å². The lowest BCUT2D eigenvalue weighted by atomic mass is 9.83. The van der Waals surface area contributed by atoms with Crippen molar-refractivity contribution < 1.29 is 39.9 Å². The predicted molar refractivity (Wildman–Crippen MR) is 81.0 cm³/mol. The average Bonchev–Trinajstić information content (AvgIpc) is 2.53. The summed E-state index contributed by atoms with van der Waals surface area (Å²) < 4.78 is 113. The second-order valence-electron chi connectivity index (χ2n) is 5.81. The molecule has 0 atom stereocenters. The number of ether oxygens (including phenoxy) is 1. The van der Waals surface area contributed by atoms with Crippen LogP contribution in [0.2, 0.25) is 0 Å². The zero-order chi connectivity index (χ0) is 20.6. The molecule has 0 aliphatic heterocycles. The molecular formula is C18H13F8O. The summed E-state index contributed by atoms with van der Waals surface area (Å²) in [7, 11) is 1.17. The molecule has 0 bridgehead atoms. The quantitative estimate of drug-likeness (QED) is 0.572. The maximum atomic E-state index is 14.8. The Kier molecular flexibility index (Phi) is 5.56. The minimum atomic E-state index is -6.28. The van der Waals surface area contributed by atoms with Crippen LogP contribution in [0.1, 0.15) is 16.7 Å². The molecule has 9 heteroatoms.